The summed E-state index contributed by atoms with van der Waals surface area (Å²) in [4.78, 5) is 27.3. The number of esters is 1. The minimum Gasteiger partial charge on any atom is -0.467 e. The van der Waals surface area contributed by atoms with Crippen LogP contribution in [0.2, 0.25) is 0 Å². The molecule has 0 unspecified atom stereocenters. The highest BCUT2D eigenvalue weighted by atomic mass is 16.5. The van der Waals surface area contributed by atoms with Crippen LogP contribution in [0.15, 0.2) is 72.8 Å². The van der Waals surface area contributed by atoms with Gasteiger partial charge in [0, 0.05) is 18.5 Å². The standard InChI is InChI=1S/C31H34N2O4/c1-5-6-12-29(34)33(30(22(2)3)31(35)36-4)21-23-13-15-24(16-14-23)28-19-27(18-17-25(28)20-32)37-26-10-8-7-9-11-26/h7-11,13-19,22,30H,5-6,12,21H2,1-4H3/t30-/m0/s1. The lowest BCUT2D eigenvalue weighted by Crippen LogP contribution is -2.48. The number of para-hydroxylation sites is 1. The van der Waals surface area contributed by atoms with Crippen molar-refractivity contribution >= 4 is 11.9 Å². The van der Waals surface area contributed by atoms with Crippen molar-refractivity contribution in [1.82, 2.24) is 4.90 Å². The van der Waals surface area contributed by atoms with Crippen LogP contribution in [-0.2, 0) is 20.9 Å². The molecular formula is C31H34N2O4. The molecule has 3 aromatic rings. The van der Waals surface area contributed by atoms with Gasteiger partial charge in [0.25, 0.3) is 0 Å². The first-order chi connectivity index (χ1) is 17.9. The average Bonchev–Trinajstić information content (AvgIpc) is 2.92. The molecule has 0 bridgehead atoms. The summed E-state index contributed by atoms with van der Waals surface area (Å²) in [5.74, 6) is 0.780. The van der Waals surface area contributed by atoms with E-state index in [-0.39, 0.29) is 11.8 Å². The molecule has 0 saturated heterocycles. The fourth-order valence-corrected chi connectivity index (χ4v) is 4.23. The lowest BCUT2D eigenvalue weighted by atomic mass is 9.97. The molecule has 0 aliphatic heterocycles. The van der Waals surface area contributed by atoms with Gasteiger partial charge in [0.05, 0.1) is 18.7 Å². The molecule has 1 amide bonds. The first-order valence-corrected chi connectivity index (χ1v) is 12.6. The number of hydrogen-bond acceptors (Lipinski definition) is 5. The number of hydrogen-bond donors (Lipinski definition) is 0. The van der Waals surface area contributed by atoms with E-state index in [2.05, 4.69) is 6.07 Å². The molecule has 3 rings (SSSR count). The summed E-state index contributed by atoms with van der Waals surface area (Å²) in [6.45, 7) is 6.16. The van der Waals surface area contributed by atoms with Gasteiger partial charge in [-0.25, -0.2) is 4.79 Å². The number of carbonyl (C=O) groups is 2. The Bertz CT molecular complexity index is 1230. The lowest BCUT2D eigenvalue weighted by Gasteiger charge is -2.32. The van der Waals surface area contributed by atoms with Gasteiger partial charge in [-0.05, 0) is 53.8 Å². The Morgan fingerprint density at radius 2 is 1.68 bits per heavy atom. The zero-order valence-electron chi connectivity index (χ0n) is 21.9. The molecule has 0 saturated carbocycles. The van der Waals surface area contributed by atoms with E-state index in [1.54, 1.807) is 17.0 Å². The van der Waals surface area contributed by atoms with Gasteiger partial charge in [-0.3, -0.25) is 4.79 Å². The summed E-state index contributed by atoms with van der Waals surface area (Å²) in [6.07, 6.45) is 2.04. The van der Waals surface area contributed by atoms with Crippen LogP contribution in [0.1, 0.15) is 51.2 Å². The SMILES string of the molecule is CCCCC(=O)N(Cc1ccc(-c2cc(Oc3ccccc3)ccc2C#N)cc1)[C@H](C(=O)OC)C(C)C. The molecule has 0 aliphatic carbocycles. The minimum atomic E-state index is -0.661. The van der Waals surface area contributed by atoms with E-state index in [1.165, 1.54) is 7.11 Å². The number of benzene rings is 3. The fraction of sp³-hybridized carbons (Fsp3) is 0.323. The Morgan fingerprint density at radius 1 is 0.973 bits per heavy atom. The maximum absolute atomic E-state index is 13.1. The number of nitrogens with zero attached hydrogens (tertiary/aromatic N) is 2. The van der Waals surface area contributed by atoms with Crippen LogP contribution in [0, 0.1) is 17.2 Å². The highest BCUT2D eigenvalue weighted by Gasteiger charge is 2.33. The predicted octanol–water partition coefficient (Wildman–Crippen LogP) is 6.73. The van der Waals surface area contributed by atoms with Gasteiger partial charge in [0.15, 0.2) is 0 Å². The maximum atomic E-state index is 13.1. The molecule has 1 atom stereocenters. The van der Waals surface area contributed by atoms with E-state index in [0.717, 1.165) is 29.5 Å². The van der Waals surface area contributed by atoms with E-state index < -0.39 is 12.0 Å². The average molecular weight is 499 g/mol. The Morgan fingerprint density at radius 3 is 2.27 bits per heavy atom. The number of ether oxygens (including phenoxy) is 2. The van der Waals surface area contributed by atoms with Crippen LogP contribution < -0.4 is 4.74 Å². The second-order valence-corrected chi connectivity index (χ2v) is 9.27. The largest absolute Gasteiger partial charge is 0.467 e. The first-order valence-electron chi connectivity index (χ1n) is 12.6. The van der Waals surface area contributed by atoms with Crippen LogP contribution in [0.4, 0.5) is 0 Å². The molecule has 0 fully saturated rings. The fourth-order valence-electron chi connectivity index (χ4n) is 4.23. The van der Waals surface area contributed by atoms with Crippen molar-refractivity contribution in [3.63, 3.8) is 0 Å². The monoisotopic (exact) mass is 498 g/mol. The van der Waals surface area contributed by atoms with Gasteiger partial charge < -0.3 is 14.4 Å². The highest BCUT2D eigenvalue weighted by molar-refractivity contribution is 5.84. The third kappa shape index (κ3) is 7.20. The zero-order chi connectivity index (χ0) is 26.8. The second kappa shape index (κ2) is 13.3. The molecule has 37 heavy (non-hydrogen) atoms. The van der Waals surface area contributed by atoms with Crippen molar-refractivity contribution in [2.45, 2.75) is 52.6 Å². The number of methoxy groups -OCH3 is 1. The normalized spacial score (nSPS) is 11.5. The van der Waals surface area contributed by atoms with E-state index in [1.807, 2.05) is 81.4 Å². The van der Waals surface area contributed by atoms with Crippen molar-refractivity contribution in [2.24, 2.45) is 5.92 Å². The maximum Gasteiger partial charge on any atom is 0.328 e. The van der Waals surface area contributed by atoms with Gasteiger partial charge in [-0.2, -0.15) is 5.26 Å². The Labute approximate surface area is 219 Å². The van der Waals surface area contributed by atoms with E-state index in [4.69, 9.17) is 9.47 Å². The second-order valence-electron chi connectivity index (χ2n) is 9.27. The summed E-state index contributed by atoms with van der Waals surface area (Å²) in [6, 6.07) is 24.2. The molecule has 3 aromatic carbocycles. The van der Waals surface area contributed by atoms with Crippen molar-refractivity contribution in [3.8, 4) is 28.7 Å². The number of amides is 1. The molecule has 0 spiro atoms. The Hall–Kier alpha value is -4.11. The number of unbranched alkanes of at least 4 members (excludes halogenated alkanes) is 1. The Kier molecular flexibility index (Phi) is 9.85. The molecule has 0 N–H and O–H groups in total. The van der Waals surface area contributed by atoms with Crippen molar-refractivity contribution in [1.29, 1.82) is 5.26 Å². The molecule has 0 radical (unpaired) electrons. The van der Waals surface area contributed by atoms with Crippen molar-refractivity contribution in [3.05, 3.63) is 83.9 Å². The van der Waals surface area contributed by atoms with Crippen molar-refractivity contribution < 1.29 is 19.1 Å². The lowest BCUT2D eigenvalue weighted by molar-refractivity contribution is -0.155. The van der Waals surface area contributed by atoms with E-state index in [9.17, 15) is 14.9 Å². The summed E-state index contributed by atoms with van der Waals surface area (Å²) in [5.41, 5.74) is 3.04. The van der Waals surface area contributed by atoms with E-state index >= 15 is 0 Å². The molecule has 6 nitrogen and oxygen atoms in total. The van der Waals surface area contributed by atoms with Gasteiger partial charge in [0.1, 0.15) is 17.5 Å². The summed E-state index contributed by atoms with van der Waals surface area (Å²) < 4.78 is 11.0. The topological polar surface area (TPSA) is 79.6 Å². The zero-order valence-corrected chi connectivity index (χ0v) is 21.9. The minimum absolute atomic E-state index is 0.0624. The molecule has 0 aliphatic rings. The first kappa shape index (κ1) is 27.5. The Balaban J connectivity index is 1.88. The molecule has 0 aromatic heterocycles. The third-order valence-corrected chi connectivity index (χ3v) is 6.18. The highest BCUT2D eigenvalue weighted by Crippen LogP contribution is 2.31. The molecule has 6 heteroatoms. The van der Waals surface area contributed by atoms with Gasteiger partial charge >= 0.3 is 5.97 Å². The van der Waals surface area contributed by atoms with Crippen LogP contribution in [-0.4, -0.2) is 29.9 Å². The van der Waals surface area contributed by atoms with Crippen LogP contribution >= 0.6 is 0 Å². The van der Waals surface area contributed by atoms with Crippen LogP contribution in [0.25, 0.3) is 11.1 Å². The summed E-state index contributed by atoms with van der Waals surface area (Å²) in [7, 11) is 1.35. The van der Waals surface area contributed by atoms with Gasteiger partial charge in [0.2, 0.25) is 5.91 Å². The third-order valence-electron chi connectivity index (χ3n) is 6.18. The van der Waals surface area contributed by atoms with Crippen LogP contribution in [0.5, 0.6) is 11.5 Å². The number of carbonyl (C=O) groups excluding carboxylic acids is 2. The van der Waals surface area contributed by atoms with Crippen molar-refractivity contribution in [2.75, 3.05) is 7.11 Å². The number of rotatable bonds is 11. The predicted molar refractivity (Wildman–Crippen MR) is 144 cm³/mol. The molecule has 192 valence electrons. The molecule has 0 heterocycles. The molecular weight excluding hydrogens is 464 g/mol. The van der Waals surface area contributed by atoms with Gasteiger partial charge in [-0.15, -0.1) is 0 Å². The summed E-state index contributed by atoms with van der Waals surface area (Å²) in [5, 5.41) is 9.68. The van der Waals surface area contributed by atoms with Crippen LogP contribution in [0.3, 0.4) is 0 Å². The van der Waals surface area contributed by atoms with Gasteiger partial charge in [-0.1, -0.05) is 69.7 Å². The quantitative estimate of drug-likeness (QED) is 0.274. The number of nitriles is 1. The van der Waals surface area contributed by atoms with E-state index in [0.29, 0.717) is 30.0 Å². The summed E-state index contributed by atoms with van der Waals surface area (Å²) >= 11 is 0. The smallest absolute Gasteiger partial charge is 0.328 e.